The summed E-state index contributed by atoms with van der Waals surface area (Å²) < 4.78 is 13.9. The van der Waals surface area contributed by atoms with E-state index in [4.69, 9.17) is 0 Å². The van der Waals surface area contributed by atoms with E-state index in [0.29, 0.717) is 5.92 Å². The van der Waals surface area contributed by atoms with Crippen molar-refractivity contribution in [3.8, 4) is 0 Å². The van der Waals surface area contributed by atoms with E-state index in [1.54, 1.807) is 6.07 Å². The molecule has 1 aliphatic heterocycles. The number of hydrogen-bond donors (Lipinski definition) is 2. The molecule has 3 atom stereocenters. The first-order valence-corrected chi connectivity index (χ1v) is 8.00. The molecule has 1 fully saturated rings. The van der Waals surface area contributed by atoms with Gasteiger partial charge in [-0.05, 0) is 37.9 Å². The number of likely N-dealkylation sites (tertiary alicyclic amines) is 1. The molecule has 3 nitrogen and oxygen atoms in total. The third-order valence-corrected chi connectivity index (χ3v) is 4.47. The van der Waals surface area contributed by atoms with Gasteiger partial charge in [0.2, 0.25) is 0 Å². The summed E-state index contributed by atoms with van der Waals surface area (Å²) in [7, 11) is 0. The zero-order chi connectivity index (χ0) is 15.2. The van der Waals surface area contributed by atoms with Gasteiger partial charge in [0.05, 0.1) is 6.10 Å². The van der Waals surface area contributed by atoms with Crippen molar-refractivity contribution in [2.24, 2.45) is 5.92 Å². The molecule has 2 N–H and O–H groups in total. The number of piperidine rings is 1. The summed E-state index contributed by atoms with van der Waals surface area (Å²) >= 11 is 0. The van der Waals surface area contributed by atoms with Crippen LogP contribution in [0, 0.1) is 11.7 Å². The van der Waals surface area contributed by atoms with E-state index in [1.165, 1.54) is 6.07 Å². The van der Waals surface area contributed by atoms with Gasteiger partial charge in [-0.1, -0.05) is 32.0 Å². The lowest BCUT2D eigenvalue weighted by Crippen LogP contribution is -2.43. The number of nitrogens with zero attached hydrogens (tertiary/aromatic N) is 1. The highest BCUT2D eigenvalue weighted by atomic mass is 19.1. The van der Waals surface area contributed by atoms with Crippen molar-refractivity contribution in [2.45, 2.75) is 38.8 Å². The zero-order valence-electron chi connectivity index (χ0n) is 13.1. The average Bonchev–Trinajstić information content (AvgIpc) is 2.48. The Kier molecular flexibility index (Phi) is 6.15. The lowest BCUT2D eigenvalue weighted by Gasteiger charge is -2.35. The third-order valence-electron chi connectivity index (χ3n) is 4.47. The minimum absolute atomic E-state index is 0.0349. The molecule has 118 valence electrons. The highest BCUT2D eigenvalue weighted by Gasteiger charge is 2.25. The van der Waals surface area contributed by atoms with E-state index < -0.39 is 0 Å². The maximum absolute atomic E-state index is 13.9. The van der Waals surface area contributed by atoms with Crippen LogP contribution in [0.2, 0.25) is 0 Å². The summed E-state index contributed by atoms with van der Waals surface area (Å²) in [5, 5.41) is 13.3. The molecule has 1 saturated heterocycles. The molecule has 0 bridgehead atoms. The summed E-state index contributed by atoms with van der Waals surface area (Å²) in [4.78, 5) is 2.29. The minimum atomic E-state index is -0.232. The summed E-state index contributed by atoms with van der Waals surface area (Å²) in [6, 6.07) is 7.02. The number of nitrogens with one attached hydrogen (secondary N) is 1. The van der Waals surface area contributed by atoms with Gasteiger partial charge < -0.3 is 15.3 Å². The SMILES string of the molecule is CCNC(CCN1CCC(C)C(O)C1)c1ccccc1F. The largest absolute Gasteiger partial charge is 0.392 e. The first-order chi connectivity index (χ1) is 10.1. The van der Waals surface area contributed by atoms with Gasteiger partial charge in [0.15, 0.2) is 0 Å². The fourth-order valence-electron chi connectivity index (χ4n) is 3.00. The molecule has 2 rings (SSSR count). The average molecular weight is 294 g/mol. The van der Waals surface area contributed by atoms with E-state index in [-0.39, 0.29) is 18.0 Å². The van der Waals surface area contributed by atoms with Gasteiger partial charge in [0, 0.05) is 24.7 Å². The number of aliphatic hydroxyl groups excluding tert-OH is 1. The van der Waals surface area contributed by atoms with Crippen LogP contribution in [0.25, 0.3) is 0 Å². The molecular weight excluding hydrogens is 267 g/mol. The van der Waals surface area contributed by atoms with Gasteiger partial charge in [-0.25, -0.2) is 4.39 Å². The van der Waals surface area contributed by atoms with Crippen LogP contribution >= 0.6 is 0 Å². The van der Waals surface area contributed by atoms with Crippen molar-refractivity contribution in [3.05, 3.63) is 35.6 Å². The summed E-state index contributed by atoms with van der Waals surface area (Å²) in [5.74, 6) is 0.244. The summed E-state index contributed by atoms with van der Waals surface area (Å²) in [5.41, 5.74) is 0.741. The molecular formula is C17H27FN2O. The Morgan fingerprint density at radius 2 is 2.19 bits per heavy atom. The van der Waals surface area contributed by atoms with Crippen LogP contribution in [-0.2, 0) is 0 Å². The van der Waals surface area contributed by atoms with Gasteiger partial charge in [-0.15, -0.1) is 0 Å². The number of hydrogen-bond acceptors (Lipinski definition) is 3. The Labute approximate surface area is 127 Å². The van der Waals surface area contributed by atoms with Gasteiger partial charge in [0.25, 0.3) is 0 Å². The van der Waals surface area contributed by atoms with Crippen LogP contribution in [0.4, 0.5) is 4.39 Å². The third kappa shape index (κ3) is 4.50. The van der Waals surface area contributed by atoms with E-state index in [1.807, 2.05) is 19.1 Å². The quantitative estimate of drug-likeness (QED) is 0.846. The molecule has 1 aromatic rings. The Bertz CT molecular complexity index is 441. The molecule has 0 radical (unpaired) electrons. The summed E-state index contributed by atoms with van der Waals surface area (Å²) in [6.45, 7) is 7.60. The van der Waals surface area contributed by atoms with Gasteiger partial charge in [0.1, 0.15) is 5.82 Å². The number of aliphatic hydroxyl groups is 1. The van der Waals surface area contributed by atoms with E-state index in [2.05, 4.69) is 17.1 Å². The van der Waals surface area contributed by atoms with Crippen LogP contribution < -0.4 is 5.32 Å². The lowest BCUT2D eigenvalue weighted by molar-refractivity contribution is 0.0277. The molecule has 1 heterocycles. The maximum Gasteiger partial charge on any atom is 0.127 e. The zero-order valence-corrected chi connectivity index (χ0v) is 13.1. The monoisotopic (exact) mass is 294 g/mol. The molecule has 4 heteroatoms. The van der Waals surface area contributed by atoms with Gasteiger partial charge >= 0.3 is 0 Å². The Balaban J connectivity index is 1.93. The van der Waals surface area contributed by atoms with Crippen LogP contribution in [0.3, 0.4) is 0 Å². The highest BCUT2D eigenvalue weighted by molar-refractivity contribution is 5.21. The molecule has 0 aromatic heterocycles. The molecule has 1 aromatic carbocycles. The Morgan fingerprint density at radius 3 is 2.86 bits per heavy atom. The number of benzene rings is 1. The fourth-order valence-corrected chi connectivity index (χ4v) is 3.00. The van der Waals surface area contributed by atoms with Crippen molar-refractivity contribution in [1.82, 2.24) is 10.2 Å². The van der Waals surface area contributed by atoms with Crippen molar-refractivity contribution < 1.29 is 9.50 Å². The van der Waals surface area contributed by atoms with Crippen LogP contribution in [0.1, 0.15) is 38.3 Å². The maximum atomic E-state index is 13.9. The predicted octanol–water partition coefficient (Wildman–Crippen LogP) is 2.57. The Hall–Kier alpha value is -0.970. The second-order valence-electron chi connectivity index (χ2n) is 6.05. The van der Waals surface area contributed by atoms with Crippen molar-refractivity contribution >= 4 is 0 Å². The molecule has 0 saturated carbocycles. The molecule has 0 aliphatic carbocycles. The van der Waals surface area contributed by atoms with E-state index in [9.17, 15) is 9.50 Å². The van der Waals surface area contributed by atoms with Crippen molar-refractivity contribution in [2.75, 3.05) is 26.2 Å². The fraction of sp³-hybridized carbons (Fsp3) is 0.647. The topological polar surface area (TPSA) is 35.5 Å². The van der Waals surface area contributed by atoms with Crippen LogP contribution in [0.5, 0.6) is 0 Å². The van der Waals surface area contributed by atoms with E-state index >= 15 is 0 Å². The molecule has 1 aliphatic rings. The normalized spacial score (nSPS) is 25.0. The molecule has 0 amide bonds. The lowest BCUT2D eigenvalue weighted by atomic mass is 9.95. The second-order valence-corrected chi connectivity index (χ2v) is 6.05. The van der Waals surface area contributed by atoms with E-state index in [0.717, 1.165) is 44.6 Å². The predicted molar refractivity (Wildman–Crippen MR) is 83.7 cm³/mol. The number of β-amino-alcohol motifs (C(OH)–C–C–N with tert-alkyl or cyclic N) is 1. The van der Waals surface area contributed by atoms with Gasteiger partial charge in [-0.2, -0.15) is 0 Å². The minimum Gasteiger partial charge on any atom is -0.392 e. The van der Waals surface area contributed by atoms with Crippen LogP contribution in [-0.4, -0.2) is 42.3 Å². The number of halogens is 1. The first-order valence-electron chi connectivity index (χ1n) is 8.00. The van der Waals surface area contributed by atoms with Crippen molar-refractivity contribution in [3.63, 3.8) is 0 Å². The number of rotatable bonds is 6. The van der Waals surface area contributed by atoms with Crippen LogP contribution in [0.15, 0.2) is 24.3 Å². The molecule has 3 unspecified atom stereocenters. The molecule has 0 spiro atoms. The standard InChI is InChI=1S/C17H27FN2O/c1-3-19-16(14-6-4-5-7-15(14)18)9-11-20-10-8-13(2)17(21)12-20/h4-7,13,16-17,19,21H,3,8-12H2,1-2H3. The van der Waals surface area contributed by atoms with Crippen molar-refractivity contribution in [1.29, 1.82) is 0 Å². The first kappa shape index (κ1) is 16.4. The van der Waals surface area contributed by atoms with Gasteiger partial charge in [-0.3, -0.25) is 0 Å². The summed E-state index contributed by atoms with van der Waals surface area (Å²) in [6.07, 6.45) is 1.66. The highest BCUT2D eigenvalue weighted by Crippen LogP contribution is 2.22. The Morgan fingerprint density at radius 1 is 1.43 bits per heavy atom. The second kappa shape index (κ2) is 7.87. The molecule has 21 heavy (non-hydrogen) atoms. The smallest absolute Gasteiger partial charge is 0.127 e.